The summed E-state index contributed by atoms with van der Waals surface area (Å²) in [5.74, 6) is -0.320. The molecule has 1 aliphatic rings. The molecule has 1 saturated heterocycles. The van der Waals surface area contributed by atoms with Crippen LogP contribution in [0, 0.1) is 6.92 Å². The van der Waals surface area contributed by atoms with Gasteiger partial charge in [-0.15, -0.1) is 11.3 Å². The Bertz CT molecular complexity index is 617. The van der Waals surface area contributed by atoms with Crippen LogP contribution in [0.1, 0.15) is 28.4 Å². The van der Waals surface area contributed by atoms with E-state index in [4.69, 9.17) is 4.74 Å². The zero-order valence-corrected chi connectivity index (χ0v) is 14.7. The van der Waals surface area contributed by atoms with Crippen molar-refractivity contribution in [2.45, 2.75) is 33.0 Å². The number of aryl methyl sites for hydroxylation is 1. The minimum Gasteiger partial charge on any atom is -0.373 e. The molecular weight excluding hydrogens is 324 g/mol. The van der Waals surface area contributed by atoms with Crippen LogP contribution in [0.2, 0.25) is 0 Å². The van der Waals surface area contributed by atoms with Crippen molar-refractivity contribution >= 4 is 27.3 Å². The summed E-state index contributed by atoms with van der Waals surface area (Å²) in [4.78, 5) is 13.5. The lowest BCUT2D eigenvalue weighted by molar-refractivity contribution is -0.0440. The maximum Gasteiger partial charge on any atom is 0.261 e. The lowest BCUT2D eigenvalue weighted by atomic mass is 10.3. The van der Waals surface area contributed by atoms with E-state index in [0.717, 1.165) is 4.88 Å². The Morgan fingerprint density at radius 1 is 1.36 bits per heavy atom. The Kier molecular flexibility index (Phi) is 5.60. The summed E-state index contributed by atoms with van der Waals surface area (Å²) in [6, 6.07) is 3.61. The number of nitrogens with one attached hydrogen (secondary N) is 1. The fraction of sp³-hybridized carbons (Fsp3) is 0.643. The predicted octanol–water partition coefficient (Wildman–Crippen LogP) is 1.23. The highest BCUT2D eigenvalue weighted by molar-refractivity contribution is 7.89. The van der Waals surface area contributed by atoms with Gasteiger partial charge in [-0.3, -0.25) is 4.79 Å². The maximum absolute atomic E-state index is 12.3. The molecule has 124 valence electrons. The predicted molar refractivity (Wildman–Crippen MR) is 86.8 cm³/mol. The first-order valence-corrected chi connectivity index (χ1v) is 9.68. The van der Waals surface area contributed by atoms with E-state index in [1.807, 2.05) is 26.8 Å². The van der Waals surface area contributed by atoms with Crippen LogP contribution < -0.4 is 5.32 Å². The number of amides is 1. The van der Waals surface area contributed by atoms with E-state index < -0.39 is 10.0 Å². The highest BCUT2D eigenvalue weighted by Gasteiger charge is 2.30. The van der Waals surface area contributed by atoms with E-state index in [2.05, 4.69) is 5.32 Å². The van der Waals surface area contributed by atoms with Crippen molar-refractivity contribution in [2.24, 2.45) is 0 Å². The van der Waals surface area contributed by atoms with Crippen LogP contribution in [0.25, 0.3) is 0 Å². The van der Waals surface area contributed by atoms with Crippen LogP contribution in [0.15, 0.2) is 12.1 Å². The summed E-state index contributed by atoms with van der Waals surface area (Å²) in [6.45, 7) is 6.48. The molecular formula is C14H22N2O4S2. The molecule has 1 fully saturated rings. The van der Waals surface area contributed by atoms with Crippen LogP contribution in [-0.2, 0) is 14.8 Å². The van der Waals surface area contributed by atoms with Crippen molar-refractivity contribution in [3.8, 4) is 0 Å². The third kappa shape index (κ3) is 4.52. The second-order valence-corrected chi connectivity index (χ2v) is 8.93. The largest absolute Gasteiger partial charge is 0.373 e. The van der Waals surface area contributed by atoms with Gasteiger partial charge in [-0.25, -0.2) is 8.42 Å². The molecule has 8 heteroatoms. The number of hydrogen-bond donors (Lipinski definition) is 1. The molecule has 1 aliphatic heterocycles. The fourth-order valence-corrected chi connectivity index (χ4v) is 4.70. The monoisotopic (exact) mass is 346 g/mol. The molecule has 2 rings (SSSR count). The molecule has 0 aliphatic carbocycles. The number of morpholine rings is 1. The second kappa shape index (κ2) is 7.08. The van der Waals surface area contributed by atoms with E-state index >= 15 is 0 Å². The number of nitrogens with zero attached hydrogens (tertiary/aromatic N) is 1. The van der Waals surface area contributed by atoms with Crippen LogP contribution in [0.5, 0.6) is 0 Å². The number of ether oxygens (including phenoxy) is 1. The lowest BCUT2D eigenvalue weighted by Crippen LogP contribution is -2.49. The normalized spacial score (nSPS) is 23.4. The number of sulfonamides is 1. The van der Waals surface area contributed by atoms with Gasteiger partial charge in [0, 0.05) is 24.5 Å². The van der Waals surface area contributed by atoms with Crippen LogP contribution in [0.4, 0.5) is 0 Å². The third-order valence-electron chi connectivity index (χ3n) is 3.39. The molecule has 1 amide bonds. The highest BCUT2D eigenvalue weighted by atomic mass is 32.2. The zero-order chi connectivity index (χ0) is 16.3. The first-order chi connectivity index (χ1) is 10.3. The van der Waals surface area contributed by atoms with Crippen molar-refractivity contribution in [1.82, 2.24) is 9.62 Å². The minimum absolute atomic E-state index is 0.0947. The van der Waals surface area contributed by atoms with Crippen molar-refractivity contribution in [3.63, 3.8) is 0 Å². The quantitative estimate of drug-likeness (QED) is 0.870. The zero-order valence-electron chi connectivity index (χ0n) is 13.0. The molecule has 2 heterocycles. The smallest absolute Gasteiger partial charge is 0.261 e. The minimum atomic E-state index is -3.38. The molecule has 0 unspecified atom stereocenters. The van der Waals surface area contributed by atoms with Gasteiger partial charge in [-0.2, -0.15) is 4.31 Å². The average Bonchev–Trinajstić information content (AvgIpc) is 2.84. The van der Waals surface area contributed by atoms with E-state index in [0.29, 0.717) is 18.0 Å². The Morgan fingerprint density at radius 2 is 2.00 bits per heavy atom. The van der Waals surface area contributed by atoms with E-state index in [1.165, 1.54) is 15.6 Å². The first-order valence-electron chi connectivity index (χ1n) is 7.26. The van der Waals surface area contributed by atoms with Crippen molar-refractivity contribution in [1.29, 1.82) is 0 Å². The van der Waals surface area contributed by atoms with Gasteiger partial charge in [-0.1, -0.05) is 0 Å². The number of thiophene rings is 1. The molecule has 0 bridgehead atoms. The molecule has 0 aromatic carbocycles. The molecule has 6 nitrogen and oxygen atoms in total. The van der Waals surface area contributed by atoms with Gasteiger partial charge in [0.1, 0.15) is 0 Å². The summed E-state index contributed by atoms with van der Waals surface area (Å²) in [7, 11) is -3.38. The maximum atomic E-state index is 12.3. The molecule has 1 aromatic heterocycles. The Labute approximate surface area is 135 Å². The molecule has 0 saturated carbocycles. The Morgan fingerprint density at radius 3 is 2.55 bits per heavy atom. The van der Waals surface area contributed by atoms with Crippen molar-refractivity contribution < 1.29 is 17.9 Å². The number of carbonyl (C=O) groups is 1. The summed E-state index contributed by atoms with van der Waals surface area (Å²) in [6.07, 6.45) is -0.218. The molecule has 2 atom stereocenters. The highest BCUT2D eigenvalue weighted by Crippen LogP contribution is 2.16. The Balaban J connectivity index is 1.86. The lowest BCUT2D eigenvalue weighted by Gasteiger charge is -2.34. The first kappa shape index (κ1) is 17.4. The van der Waals surface area contributed by atoms with Crippen molar-refractivity contribution in [2.75, 3.05) is 25.4 Å². The van der Waals surface area contributed by atoms with Gasteiger partial charge in [0.05, 0.1) is 22.8 Å². The summed E-state index contributed by atoms with van der Waals surface area (Å²) in [5, 5.41) is 2.66. The van der Waals surface area contributed by atoms with E-state index in [-0.39, 0.29) is 30.4 Å². The number of carbonyl (C=O) groups excluding carboxylic acids is 1. The second-order valence-electron chi connectivity index (χ2n) is 5.56. The van der Waals surface area contributed by atoms with Gasteiger partial charge < -0.3 is 10.1 Å². The third-order valence-corrected chi connectivity index (χ3v) is 6.19. The molecule has 0 radical (unpaired) electrons. The number of rotatable bonds is 5. The molecule has 0 spiro atoms. The molecule has 1 aromatic rings. The van der Waals surface area contributed by atoms with Gasteiger partial charge in [0.25, 0.3) is 5.91 Å². The fourth-order valence-electron chi connectivity index (χ4n) is 2.42. The topological polar surface area (TPSA) is 75.7 Å². The van der Waals surface area contributed by atoms with Crippen LogP contribution in [0.3, 0.4) is 0 Å². The van der Waals surface area contributed by atoms with Crippen molar-refractivity contribution in [3.05, 3.63) is 21.9 Å². The number of hydrogen-bond acceptors (Lipinski definition) is 5. The summed E-state index contributed by atoms with van der Waals surface area (Å²) < 4.78 is 31.6. The van der Waals surface area contributed by atoms with Gasteiger partial charge >= 0.3 is 0 Å². The van der Waals surface area contributed by atoms with E-state index in [1.54, 1.807) is 6.07 Å². The van der Waals surface area contributed by atoms with Crippen LogP contribution in [-0.4, -0.2) is 56.2 Å². The summed E-state index contributed by atoms with van der Waals surface area (Å²) >= 11 is 1.39. The van der Waals surface area contributed by atoms with E-state index in [9.17, 15) is 13.2 Å². The van der Waals surface area contributed by atoms with Gasteiger partial charge in [-0.05, 0) is 32.9 Å². The molecule has 22 heavy (non-hydrogen) atoms. The Hall–Kier alpha value is -0.960. The standard InChI is InChI=1S/C14H22N2O4S2/c1-10-8-16(9-11(2)20-10)22(18,19)7-6-15-14(17)13-5-4-12(3)21-13/h4-5,10-11H,6-9H2,1-3H3,(H,15,17)/t10-,11+. The van der Waals surface area contributed by atoms with Gasteiger partial charge in [0.2, 0.25) is 10.0 Å². The SMILES string of the molecule is Cc1ccc(C(=O)NCCS(=O)(=O)N2C[C@@H](C)O[C@@H](C)C2)s1. The van der Waals surface area contributed by atoms with Crippen LogP contribution >= 0.6 is 11.3 Å². The van der Waals surface area contributed by atoms with Gasteiger partial charge in [0.15, 0.2) is 0 Å². The summed E-state index contributed by atoms with van der Waals surface area (Å²) in [5.41, 5.74) is 0. The molecule has 1 N–H and O–H groups in total. The average molecular weight is 346 g/mol.